The molecule has 0 saturated heterocycles. The molecule has 0 aliphatic carbocycles. The maximum absolute atomic E-state index is 12.4. The van der Waals surface area contributed by atoms with E-state index in [4.69, 9.17) is 11.6 Å². The Hall–Kier alpha value is -2.33. The maximum Gasteiger partial charge on any atom is 0.255 e. The minimum atomic E-state index is -0.279. The third kappa shape index (κ3) is 4.36. The number of rotatable bonds is 5. The van der Waals surface area contributed by atoms with Crippen molar-refractivity contribution in [3.8, 4) is 0 Å². The minimum absolute atomic E-state index is 0.0871. The number of anilines is 1. The summed E-state index contributed by atoms with van der Waals surface area (Å²) in [7, 11) is 0. The molecule has 0 fully saturated rings. The molecule has 2 N–H and O–H groups in total. The Labute approximate surface area is 147 Å². The van der Waals surface area contributed by atoms with E-state index in [9.17, 15) is 9.59 Å². The van der Waals surface area contributed by atoms with Crippen molar-refractivity contribution in [2.45, 2.75) is 33.2 Å². The van der Waals surface area contributed by atoms with Crippen LogP contribution >= 0.6 is 11.6 Å². The molecule has 2 rings (SSSR count). The maximum atomic E-state index is 12.4. The molecule has 1 atom stereocenters. The van der Waals surface area contributed by atoms with Gasteiger partial charge in [0.05, 0.1) is 0 Å². The number of amides is 2. The van der Waals surface area contributed by atoms with E-state index >= 15 is 0 Å². The van der Waals surface area contributed by atoms with Crippen LogP contribution in [0.1, 0.15) is 46.5 Å². The van der Waals surface area contributed by atoms with Crippen LogP contribution in [0.3, 0.4) is 0 Å². The quantitative estimate of drug-likeness (QED) is 0.843. The lowest BCUT2D eigenvalue weighted by atomic mass is 10.1. The van der Waals surface area contributed by atoms with Crippen LogP contribution in [0, 0.1) is 6.92 Å². The van der Waals surface area contributed by atoms with E-state index < -0.39 is 0 Å². The fourth-order valence-electron chi connectivity index (χ4n) is 2.15. The Morgan fingerprint density at radius 3 is 2.38 bits per heavy atom. The average Bonchev–Trinajstić information content (AvgIpc) is 2.58. The monoisotopic (exact) mass is 344 g/mol. The number of hydrogen-bond donors (Lipinski definition) is 2. The van der Waals surface area contributed by atoms with Crippen molar-refractivity contribution in [3.63, 3.8) is 0 Å². The van der Waals surface area contributed by atoms with Crippen molar-refractivity contribution in [1.82, 2.24) is 5.32 Å². The summed E-state index contributed by atoms with van der Waals surface area (Å²) in [5.74, 6) is -0.462. The molecule has 0 bridgehead atoms. The first-order valence-corrected chi connectivity index (χ1v) is 8.27. The van der Waals surface area contributed by atoms with Crippen LogP contribution in [0.2, 0.25) is 5.02 Å². The molecule has 0 heterocycles. The molecule has 5 heteroatoms. The summed E-state index contributed by atoms with van der Waals surface area (Å²) in [5.41, 5.74) is 2.34. The average molecular weight is 345 g/mol. The van der Waals surface area contributed by atoms with Gasteiger partial charge in [-0.2, -0.15) is 0 Å². The molecule has 0 aromatic heterocycles. The van der Waals surface area contributed by atoms with Crippen LogP contribution in [0.25, 0.3) is 0 Å². The van der Waals surface area contributed by atoms with Crippen molar-refractivity contribution in [2.75, 3.05) is 5.32 Å². The first-order chi connectivity index (χ1) is 11.4. The zero-order valence-corrected chi connectivity index (χ0v) is 14.8. The minimum Gasteiger partial charge on any atom is -0.350 e. The molecule has 0 aliphatic rings. The van der Waals surface area contributed by atoms with Crippen LogP contribution in [0.15, 0.2) is 42.5 Å². The lowest BCUT2D eigenvalue weighted by Gasteiger charge is -2.12. The predicted molar refractivity (Wildman–Crippen MR) is 97.8 cm³/mol. The summed E-state index contributed by atoms with van der Waals surface area (Å²) >= 11 is 6.07. The second-order valence-electron chi connectivity index (χ2n) is 5.73. The fourth-order valence-corrected chi connectivity index (χ4v) is 2.32. The van der Waals surface area contributed by atoms with E-state index in [1.165, 1.54) is 0 Å². The fraction of sp³-hybridized carbons (Fsp3) is 0.263. The molecule has 0 saturated carbocycles. The second kappa shape index (κ2) is 7.97. The highest BCUT2D eigenvalue weighted by Crippen LogP contribution is 2.23. The van der Waals surface area contributed by atoms with Gasteiger partial charge in [-0.25, -0.2) is 0 Å². The van der Waals surface area contributed by atoms with Crippen molar-refractivity contribution >= 4 is 29.1 Å². The lowest BCUT2D eigenvalue weighted by molar-refractivity contribution is 0.0939. The van der Waals surface area contributed by atoms with E-state index in [0.29, 0.717) is 21.8 Å². The van der Waals surface area contributed by atoms with Gasteiger partial charge < -0.3 is 10.6 Å². The number of benzene rings is 2. The molecule has 2 aromatic carbocycles. The summed E-state index contributed by atoms with van der Waals surface area (Å²) in [6.45, 7) is 5.78. The van der Waals surface area contributed by atoms with Crippen LogP contribution in [0.5, 0.6) is 0 Å². The molecule has 24 heavy (non-hydrogen) atoms. The number of carbonyl (C=O) groups is 2. The highest BCUT2D eigenvalue weighted by molar-refractivity contribution is 6.31. The SMILES string of the molecule is CCC(C)NC(=O)c1cccc(C(=O)Nc2cccc(Cl)c2C)c1. The van der Waals surface area contributed by atoms with E-state index in [1.54, 1.807) is 42.5 Å². The summed E-state index contributed by atoms with van der Waals surface area (Å²) in [6, 6.07) is 12.1. The third-order valence-electron chi connectivity index (χ3n) is 3.89. The summed E-state index contributed by atoms with van der Waals surface area (Å²) in [4.78, 5) is 24.6. The molecule has 126 valence electrons. The van der Waals surface area contributed by atoms with Gasteiger partial charge in [0.2, 0.25) is 0 Å². The van der Waals surface area contributed by atoms with Gasteiger partial charge in [-0.05, 0) is 56.2 Å². The molecule has 4 nitrogen and oxygen atoms in total. The Balaban J connectivity index is 2.17. The molecule has 2 aromatic rings. The normalized spacial score (nSPS) is 11.7. The Morgan fingerprint density at radius 2 is 1.71 bits per heavy atom. The van der Waals surface area contributed by atoms with Gasteiger partial charge >= 0.3 is 0 Å². The zero-order valence-electron chi connectivity index (χ0n) is 14.0. The Bertz CT molecular complexity index is 759. The standard InChI is InChI=1S/C19H21ClN2O2/c1-4-12(2)21-18(23)14-7-5-8-15(11-14)19(24)22-17-10-6-9-16(20)13(17)3/h5-12H,4H2,1-3H3,(H,21,23)(H,22,24). The highest BCUT2D eigenvalue weighted by atomic mass is 35.5. The molecular formula is C19H21ClN2O2. The zero-order chi connectivity index (χ0) is 17.7. The predicted octanol–water partition coefficient (Wildman–Crippen LogP) is 4.43. The highest BCUT2D eigenvalue weighted by Gasteiger charge is 2.13. The Kier molecular flexibility index (Phi) is 5.99. The Morgan fingerprint density at radius 1 is 1.08 bits per heavy atom. The van der Waals surface area contributed by atoms with Crippen LogP contribution in [-0.4, -0.2) is 17.9 Å². The van der Waals surface area contributed by atoms with Gasteiger partial charge in [-0.3, -0.25) is 9.59 Å². The first kappa shape index (κ1) is 18.0. The summed E-state index contributed by atoms with van der Waals surface area (Å²) < 4.78 is 0. The lowest BCUT2D eigenvalue weighted by Crippen LogP contribution is -2.32. The number of halogens is 1. The van der Waals surface area contributed by atoms with Gasteiger partial charge in [-0.1, -0.05) is 30.7 Å². The summed E-state index contributed by atoms with van der Waals surface area (Å²) in [6.07, 6.45) is 0.847. The number of nitrogens with one attached hydrogen (secondary N) is 2. The van der Waals surface area contributed by atoms with Crippen LogP contribution < -0.4 is 10.6 Å². The van der Waals surface area contributed by atoms with Crippen LogP contribution in [-0.2, 0) is 0 Å². The van der Waals surface area contributed by atoms with E-state index in [0.717, 1.165) is 12.0 Å². The van der Waals surface area contributed by atoms with Crippen molar-refractivity contribution < 1.29 is 9.59 Å². The van der Waals surface area contributed by atoms with E-state index in [-0.39, 0.29) is 17.9 Å². The van der Waals surface area contributed by atoms with Crippen molar-refractivity contribution in [3.05, 3.63) is 64.2 Å². The van der Waals surface area contributed by atoms with Gasteiger partial charge in [0.15, 0.2) is 0 Å². The molecule has 2 amide bonds. The first-order valence-electron chi connectivity index (χ1n) is 7.89. The van der Waals surface area contributed by atoms with Crippen LogP contribution in [0.4, 0.5) is 5.69 Å². The van der Waals surface area contributed by atoms with Gasteiger partial charge in [0.25, 0.3) is 11.8 Å². The van der Waals surface area contributed by atoms with Gasteiger partial charge in [0.1, 0.15) is 0 Å². The molecule has 0 aliphatic heterocycles. The van der Waals surface area contributed by atoms with Crippen molar-refractivity contribution in [1.29, 1.82) is 0 Å². The third-order valence-corrected chi connectivity index (χ3v) is 4.30. The molecular weight excluding hydrogens is 324 g/mol. The topological polar surface area (TPSA) is 58.2 Å². The van der Waals surface area contributed by atoms with E-state index in [2.05, 4.69) is 10.6 Å². The molecule has 0 radical (unpaired) electrons. The molecule has 0 spiro atoms. The summed E-state index contributed by atoms with van der Waals surface area (Å²) in [5, 5.41) is 6.31. The largest absolute Gasteiger partial charge is 0.350 e. The van der Waals surface area contributed by atoms with Gasteiger partial charge in [-0.15, -0.1) is 0 Å². The molecule has 1 unspecified atom stereocenters. The smallest absolute Gasteiger partial charge is 0.255 e. The number of hydrogen-bond acceptors (Lipinski definition) is 2. The van der Waals surface area contributed by atoms with Crippen molar-refractivity contribution in [2.24, 2.45) is 0 Å². The van der Waals surface area contributed by atoms with E-state index in [1.807, 2.05) is 20.8 Å². The van der Waals surface area contributed by atoms with Gasteiger partial charge in [0, 0.05) is 27.9 Å². The number of carbonyl (C=O) groups excluding carboxylic acids is 2. The second-order valence-corrected chi connectivity index (χ2v) is 6.14.